The van der Waals surface area contributed by atoms with Gasteiger partial charge >= 0.3 is 0 Å². The number of rotatable bonds is 7. The Morgan fingerprint density at radius 2 is 1.55 bits per heavy atom. The summed E-state index contributed by atoms with van der Waals surface area (Å²) in [5.74, 6) is -0.470. The van der Waals surface area contributed by atoms with Crippen LogP contribution in [0.25, 0.3) is 6.08 Å². The molecule has 3 rings (SSSR count). The Morgan fingerprint density at radius 3 is 2.18 bits per heavy atom. The molecule has 0 aliphatic rings. The van der Waals surface area contributed by atoms with E-state index in [-0.39, 0.29) is 18.1 Å². The molecule has 6 nitrogen and oxygen atoms in total. The van der Waals surface area contributed by atoms with Gasteiger partial charge in [-0.05, 0) is 66.2 Å². The standard InChI is InChI=1S/C24H16Cl3N3O3/c25-17-3-5-18(6-4-17)30-24(32)16(13-28)11-15-1-8-20(9-2-15)33-14-23(31)29-19-7-10-21(26)22(27)12-19/h1-12H,14H2,(H,29,31)(H,30,32)/b16-11-. The average molecular weight is 501 g/mol. The molecule has 0 fully saturated rings. The van der Waals surface area contributed by atoms with E-state index in [0.29, 0.717) is 37.8 Å². The van der Waals surface area contributed by atoms with Crippen LogP contribution in [0.4, 0.5) is 11.4 Å². The zero-order valence-electron chi connectivity index (χ0n) is 16.9. The van der Waals surface area contributed by atoms with E-state index >= 15 is 0 Å². The molecule has 3 aromatic carbocycles. The van der Waals surface area contributed by atoms with Crippen LogP contribution in [0.15, 0.2) is 72.3 Å². The highest BCUT2D eigenvalue weighted by Gasteiger charge is 2.10. The second-order valence-electron chi connectivity index (χ2n) is 6.67. The van der Waals surface area contributed by atoms with Gasteiger partial charge in [0.15, 0.2) is 6.61 Å². The van der Waals surface area contributed by atoms with Crippen LogP contribution in [-0.2, 0) is 9.59 Å². The average Bonchev–Trinajstić information content (AvgIpc) is 2.80. The van der Waals surface area contributed by atoms with Crippen molar-refractivity contribution >= 4 is 64.1 Å². The quantitative estimate of drug-likeness (QED) is 0.298. The van der Waals surface area contributed by atoms with Crippen molar-refractivity contribution < 1.29 is 14.3 Å². The third-order valence-electron chi connectivity index (χ3n) is 4.23. The van der Waals surface area contributed by atoms with Crippen molar-refractivity contribution in [1.82, 2.24) is 0 Å². The molecule has 2 amide bonds. The van der Waals surface area contributed by atoms with E-state index in [1.165, 1.54) is 6.08 Å². The lowest BCUT2D eigenvalue weighted by Gasteiger charge is -2.08. The van der Waals surface area contributed by atoms with Crippen LogP contribution in [0.3, 0.4) is 0 Å². The highest BCUT2D eigenvalue weighted by atomic mass is 35.5. The molecule has 0 unspecified atom stereocenters. The SMILES string of the molecule is N#C/C(=C/c1ccc(OCC(=O)Nc2ccc(Cl)c(Cl)c2)cc1)C(=O)Nc1ccc(Cl)cc1. The summed E-state index contributed by atoms with van der Waals surface area (Å²) < 4.78 is 5.47. The summed E-state index contributed by atoms with van der Waals surface area (Å²) in [6, 6.07) is 19.8. The van der Waals surface area contributed by atoms with Gasteiger partial charge in [-0.25, -0.2) is 0 Å². The summed E-state index contributed by atoms with van der Waals surface area (Å²) in [4.78, 5) is 24.4. The Morgan fingerprint density at radius 1 is 0.879 bits per heavy atom. The van der Waals surface area contributed by atoms with Gasteiger partial charge < -0.3 is 15.4 Å². The molecular weight excluding hydrogens is 485 g/mol. The summed E-state index contributed by atoms with van der Waals surface area (Å²) in [5, 5.41) is 15.9. The van der Waals surface area contributed by atoms with Gasteiger partial charge in [0, 0.05) is 16.4 Å². The molecule has 0 bridgehead atoms. The lowest BCUT2D eigenvalue weighted by Crippen LogP contribution is -2.20. The highest BCUT2D eigenvalue weighted by Crippen LogP contribution is 2.25. The Bertz CT molecular complexity index is 1230. The van der Waals surface area contributed by atoms with Gasteiger partial charge in [-0.3, -0.25) is 9.59 Å². The summed E-state index contributed by atoms with van der Waals surface area (Å²) in [7, 11) is 0. The monoisotopic (exact) mass is 499 g/mol. The molecule has 0 spiro atoms. The van der Waals surface area contributed by atoms with E-state index in [4.69, 9.17) is 39.5 Å². The van der Waals surface area contributed by atoms with Crippen molar-refractivity contribution in [2.75, 3.05) is 17.2 Å². The third-order valence-corrected chi connectivity index (χ3v) is 5.22. The number of ether oxygens (including phenoxy) is 1. The molecule has 0 radical (unpaired) electrons. The normalized spacial score (nSPS) is 10.8. The van der Waals surface area contributed by atoms with Gasteiger partial charge in [0.25, 0.3) is 11.8 Å². The Labute approximate surface area is 205 Å². The topological polar surface area (TPSA) is 91.2 Å². The van der Waals surface area contributed by atoms with Crippen molar-refractivity contribution in [3.63, 3.8) is 0 Å². The van der Waals surface area contributed by atoms with E-state index in [1.54, 1.807) is 66.7 Å². The largest absolute Gasteiger partial charge is 0.484 e. The van der Waals surface area contributed by atoms with E-state index in [0.717, 1.165) is 0 Å². The van der Waals surface area contributed by atoms with Crippen LogP contribution >= 0.6 is 34.8 Å². The van der Waals surface area contributed by atoms with Crippen molar-refractivity contribution in [2.24, 2.45) is 0 Å². The second kappa shape index (κ2) is 11.4. The van der Waals surface area contributed by atoms with Gasteiger partial charge in [0.2, 0.25) is 0 Å². The maximum Gasteiger partial charge on any atom is 0.266 e. The fourth-order valence-electron chi connectivity index (χ4n) is 2.63. The fourth-order valence-corrected chi connectivity index (χ4v) is 3.05. The number of anilines is 2. The number of nitrogens with zero attached hydrogens (tertiary/aromatic N) is 1. The first kappa shape index (κ1) is 24.1. The summed E-state index contributed by atoms with van der Waals surface area (Å²) in [6.45, 7) is -0.220. The van der Waals surface area contributed by atoms with Crippen LogP contribution in [0.2, 0.25) is 15.1 Å². The number of nitriles is 1. The van der Waals surface area contributed by atoms with Gasteiger partial charge in [0.05, 0.1) is 10.0 Å². The minimum atomic E-state index is -0.542. The third kappa shape index (κ3) is 7.26. The molecule has 0 aromatic heterocycles. The smallest absolute Gasteiger partial charge is 0.266 e. The molecule has 2 N–H and O–H groups in total. The molecule has 3 aromatic rings. The number of hydrogen-bond acceptors (Lipinski definition) is 4. The van der Waals surface area contributed by atoms with E-state index in [2.05, 4.69) is 10.6 Å². The molecule has 0 saturated carbocycles. The maximum atomic E-state index is 12.3. The van der Waals surface area contributed by atoms with Crippen LogP contribution in [0.5, 0.6) is 5.75 Å². The number of halogens is 3. The van der Waals surface area contributed by atoms with Crippen LogP contribution in [0, 0.1) is 11.3 Å². The van der Waals surface area contributed by atoms with E-state index < -0.39 is 5.91 Å². The van der Waals surface area contributed by atoms with E-state index in [1.807, 2.05) is 6.07 Å². The van der Waals surface area contributed by atoms with Crippen LogP contribution in [0.1, 0.15) is 5.56 Å². The number of carbonyl (C=O) groups excluding carboxylic acids is 2. The Kier molecular flexibility index (Phi) is 8.34. The second-order valence-corrected chi connectivity index (χ2v) is 7.92. The number of nitrogens with one attached hydrogen (secondary N) is 2. The zero-order chi connectivity index (χ0) is 23.8. The summed E-state index contributed by atoms with van der Waals surface area (Å²) >= 11 is 17.6. The van der Waals surface area contributed by atoms with E-state index in [9.17, 15) is 14.9 Å². The predicted octanol–water partition coefficient (Wildman–Crippen LogP) is 6.21. The molecule has 0 saturated heterocycles. The maximum absolute atomic E-state index is 12.3. The van der Waals surface area contributed by atoms with Crippen molar-refractivity contribution in [3.8, 4) is 11.8 Å². The van der Waals surface area contributed by atoms with Crippen LogP contribution < -0.4 is 15.4 Å². The van der Waals surface area contributed by atoms with Crippen molar-refractivity contribution in [1.29, 1.82) is 5.26 Å². The summed E-state index contributed by atoms with van der Waals surface area (Å²) in [6.07, 6.45) is 1.45. The van der Waals surface area contributed by atoms with Crippen LogP contribution in [-0.4, -0.2) is 18.4 Å². The number of benzene rings is 3. The number of amides is 2. The first-order chi connectivity index (χ1) is 15.8. The molecule has 0 aliphatic heterocycles. The first-order valence-corrected chi connectivity index (χ1v) is 10.6. The summed E-state index contributed by atoms with van der Waals surface area (Å²) in [5.41, 5.74) is 1.57. The lowest BCUT2D eigenvalue weighted by atomic mass is 10.1. The fraction of sp³-hybridized carbons (Fsp3) is 0.0417. The predicted molar refractivity (Wildman–Crippen MR) is 131 cm³/mol. The molecule has 166 valence electrons. The first-order valence-electron chi connectivity index (χ1n) is 9.50. The van der Waals surface area contributed by atoms with Gasteiger partial charge in [-0.1, -0.05) is 46.9 Å². The Balaban J connectivity index is 1.56. The zero-order valence-corrected chi connectivity index (χ0v) is 19.2. The van der Waals surface area contributed by atoms with Crippen molar-refractivity contribution in [3.05, 3.63) is 92.9 Å². The molecule has 0 heterocycles. The minimum Gasteiger partial charge on any atom is -0.484 e. The number of carbonyl (C=O) groups is 2. The molecule has 33 heavy (non-hydrogen) atoms. The minimum absolute atomic E-state index is 0.0698. The molecule has 9 heteroatoms. The van der Waals surface area contributed by atoms with Gasteiger partial charge in [-0.15, -0.1) is 0 Å². The molecular formula is C24H16Cl3N3O3. The van der Waals surface area contributed by atoms with Gasteiger partial charge in [-0.2, -0.15) is 5.26 Å². The number of hydrogen-bond donors (Lipinski definition) is 2. The van der Waals surface area contributed by atoms with Gasteiger partial charge in [0.1, 0.15) is 17.4 Å². The lowest BCUT2D eigenvalue weighted by molar-refractivity contribution is -0.118. The van der Waals surface area contributed by atoms with Crippen molar-refractivity contribution in [2.45, 2.75) is 0 Å². The molecule has 0 aliphatic carbocycles. The molecule has 0 atom stereocenters. The highest BCUT2D eigenvalue weighted by molar-refractivity contribution is 6.42. The Hall–Kier alpha value is -3.50.